The maximum absolute atomic E-state index is 13.2. The van der Waals surface area contributed by atoms with Gasteiger partial charge in [-0.3, -0.25) is 9.10 Å². The number of amides is 1. The van der Waals surface area contributed by atoms with Gasteiger partial charge in [-0.05, 0) is 30.3 Å². The van der Waals surface area contributed by atoms with E-state index in [2.05, 4.69) is 0 Å². The number of halogens is 3. The van der Waals surface area contributed by atoms with E-state index in [-0.39, 0.29) is 25.7 Å². The minimum atomic E-state index is -4.17. The molecular weight excluding hydrogens is 407 g/mol. The van der Waals surface area contributed by atoms with E-state index in [1.54, 1.807) is 18.2 Å². The van der Waals surface area contributed by atoms with Gasteiger partial charge in [-0.1, -0.05) is 46.9 Å². The molecule has 0 heterocycles. The molecule has 25 heavy (non-hydrogen) atoms. The molecule has 2 aromatic carbocycles. The van der Waals surface area contributed by atoms with Gasteiger partial charge in [0.2, 0.25) is 5.91 Å². The first-order valence-electron chi connectivity index (χ1n) is 7.07. The van der Waals surface area contributed by atoms with E-state index in [0.29, 0.717) is 0 Å². The van der Waals surface area contributed by atoms with Gasteiger partial charge >= 0.3 is 0 Å². The molecule has 9 heteroatoms. The lowest BCUT2D eigenvalue weighted by Crippen LogP contribution is -2.40. The molecule has 2 rings (SSSR count). The minimum absolute atomic E-state index is 0.00115. The van der Waals surface area contributed by atoms with Gasteiger partial charge in [-0.2, -0.15) is 0 Å². The number of nitrogens with zero attached hydrogens (tertiary/aromatic N) is 2. The van der Waals surface area contributed by atoms with Crippen LogP contribution in [0, 0.1) is 0 Å². The molecule has 2 aromatic rings. The average molecular weight is 422 g/mol. The Balaban J connectivity index is 2.64. The third kappa shape index (κ3) is 4.39. The Morgan fingerprint density at radius 1 is 1.00 bits per heavy atom. The van der Waals surface area contributed by atoms with Gasteiger partial charge in [0.05, 0.1) is 15.7 Å². The number of hydrogen-bond donors (Lipinski definition) is 0. The quantitative estimate of drug-likeness (QED) is 0.735. The molecule has 0 fully saturated rings. The number of likely N-dealkylation sites (N-methyl/N-ethyl adjacent to an activating group) is 1. The van der Waals surface area contributed by atoms with Crippen molar-refractivity contribution in [2.45, 2.75) is 4.90 Å². The third-order valence-corrected chi connectivity index (χ3v) is 6.16. The fourth-order valence-corrected chi connectivity index (χ4v) is 4.47. The van der Waals surface area contributed by atoms with Crippen molar-refractivity contribution in [2.75, 3.05) is 24.9 Å². The van der Waals surface area contributed by atoms with E-state index < -0.39 is 22.5 Å². The van der Waals surface area contributed by atoms with Crippen molar-refractivity contribution in [3.05, 3.63) is 57.5 Å². The second-order valence-corrected chi connectivity index (χ2v) is 8.41. The number of para-hydroxylation sites is 1. The molecule has 0 aliphatic heterocycles. The Morgan fingerprint density at radius 3 is 2.24 bits per heavy atom. The Hall–Kier alpha value is -1.47. The molecule has 134 valence electrons. The Morgan fingerprint density at radius 2 is 1.64 bits per heavy atom. The predicted molar refractivity (Wildman–Crippen MR) is 101 cm³/mol. The van der Waals surface area contributed by atoms with Crippen molar-refractivity contribution in [1.82, 2.24) is 4.90 Å². The highest BCUT2D eigenvalue weighted by atomic mass is 35.5. The zero-order chi connectivity index (χ0) is 18.8. The third-order valence-electron chi connectivity index (χ3n) is 3.36. The number of hydrogen-bond acceptors (Lipinski definition) is 3. The number of sulfonamides is 1. The smallest absolute Gasteiger partial charge is 0.266 e. The van der Waals surface area contributed by atoms with Crippen LogP contribution in [0.4, 0.5) is 5.69 Å². The molecule has 0 aromatic heterocycles. The SMILES string of the molecule is CN(C)C(=O)CN(c1ccccc1Cl)S(=O)(=O)c1cc(Cl)ccc1Cl. The highest BCUT2D eigenvalue weighted by Gasteiger charge is 2.31. The zero-order valence-corrected chi connectivity index (χ0v) is 16.5. The van der Waals surface area contributed by atoms with E-state index in [9.17, 15) is 13.2 Å². The molecule has 0 saturated carbocycles. The van der Waals surface area contributed by atoms with Crippen molar-refractivity contribution in [2.24, 2.45) is 0 Å². The number of anilines is 1. The Labute approximate surface area is 161 Å². The van der Waals surface area contributed by atoms with Crippen LogP contribution in [0.5, 0.6) is 0 Å². The van der Waals surface area contributed by atoms with Crippen LogP contribution in [0.15, 0.2) is 47.4 Å². The fraction of sp³-hybridized carbons (Fsp3) is 0.188. The van der Waals surface area contributed by atoms with Crippen molar-refractivity contribution in [1.29, 1.82) is 0 Å². The summed E-state index contributed by atoms with van der Waals surface area (Å²) < 4.78 is 27.3. The first-order chi connectivity index (χ1) is 11.6. The molecule has 0 N–H and O–H groups in total. The Kier molecular flexibility index (Phi) is 6.21. The maximum Gasteiger partial charge on any atom is 0.266 e. The summed E-state index contributed by atoms with van der Waals surface area (Å²) in [6, 6.07) is 10.5. The van der Waals surface area contributed by atoms with Gasteiger partial charge in [0.25, 0.3) is 10.0 Å². The van der Waals surface area contributed by atoms with Gasteiger partial charge in [-0.15, -0.1) is 0 Å². The van der Waals surface area contributed by atoms with E-state index in [0.717, 1.165) is 4.31 Å². The van der Waals surface area contributed by atoms with Crippen molar-refractivity contribution in [3.8, 4) is 0 Å². The number of carbonyl (C=O) groups is 1. The molecule has 0 spiro atoms. The van der Waals surface area contributed by atoms with E-state index >= 15 is 0 Å². The van der Waals surface area contributed by atoms with Crippen molar-refractivity contribution in [3.63, 3.8) is 0 Å². The first kappa shape index (κ1) is 19.8. The summed E-state index contributed by atoms with van der Waals surface area (Å²) in [5.41, 5.74) is 0.176. The molecule has 0 aliphatic carbocycles. The normalized spacial score (nSPS) is 11.2. The lowest BCUT2D eigenvalue weighted by molar-refractivity contribution is -0.127. The highest BCUT2D eigenvalue weighted by Crippen LogP contribution is 2.33. The van der Waals surface area contributed by atoms with E-state index in [1.165, 1.54) is 43.3 Å². The molecular formula is C16H15Cl3N2O3S. The second-order valence-electron chi connectivity index (χ2n) is 5.33. The molecule has 1 amide bonds. The topological polar surface area (TPSA) is 57.7 Å². The van der Waals surface area contributed by atoms with Gasteiger partial charge in [0.15, 0.2) is 0 Å². The van der Waals surface area contributed by atoms with Gasteiger partial charge in [-0.25, -0.2) is 8.42 Å². The average Bonchev–Trinajstić information content (AvgIpc) is 2.55. The van der Waals surface area contributed by atoms with E-state index in [4.69, 9.17) is 34.8 Å². The zero-order valence-electron chi connectivity index (χ0n) is 13.4. The fourth-order valence-electron chi connectivity index (χ4n) is 2.01. The summed E-state index contributed by atoms with van der Waals surface area (Å²) in [5, 5.41) is 0.399. The summed E-state index contributed by atoms with van der Waals surface area (Å²) in [7, 11) is -1.11. The standard InChI is InChI=1S/C16H15Cl3N2O3S/c1-20(2)16(22)10-21(14-6-4-3-5-12(14)18)25(23,24)15-9-11(17)7-8-13(15)19/h3-9H,10H2,1-2H3. The van der Waals surface area contributed by atoms with Crippen LogP contribution in [0.1, 0.15) is 0 Å². The minimum Gasteiger partial charge on any atom is -0.347 e. The van der Waals surface area contributed by atoms with Crippen LogP contribution in [0.2, 0.25) is 15.1 Å². The Bertz CT molecular complexity index is 901. The number of carbonyl (C=O) groups excluding carboxylic acids is 1. The number of rotatable bonds is 5. The van der Waals surface area contributed by atoms with Gasteiger partial charge in [0.1, 0.15) is 11.4 Å². The van der Waals surface area contributed by atoms with Gasteiger partial charge < -0.3 is 4.90 Å². The summed E-state index contributed by atoms with van der Waals surface area (Å²) in [4.78, 5) is 13.3. The van der Waals surface area contributed by atoms with Crippen LogP contribution in [-0.4, -0.2) is 39.9 Å². The molecule has 0 bridgehead atoms. The molecule has 0 radical (unpaired) electrons. The molecule has 0 unspecified atom stereocenters. The second kappa shape index (κ2) is 7.83. The largest absolute Gasteiger partial charge is 0.347 e. The molecule has 0 atom stereocenters. The monoisotopic (exact) mass is 420 g/mol. The van der Waals surface area contributed by atoms with Crippen LogP contribution in [-0.2, 0) is 14.8 Å². The first-order valence-corrected chi connectivity index (χ1v) is 9.64. The van der Waals surface area contributed by atoms with Crippen molar-refractivity contribution >= 4 is 56.4 Å². The highest BCUT2D eigenvalue weighted by molar-refractivity contribution is 7.93. The molecule has 5 nitrogen and oxygen atoms in total. The summed E-state index contributed by atoms with van der Waals surface area (Å²) in [5.74, 6) is -0.415. The molecule has 0 aliphatic rings. The molecule has 0 saturated heterocycles. The van der Waals surface area contributed by atoms with Crippen molar-refractivity contribution < 1.29 is 13.2 Å². The van der Waals surface area contributed by atoms with Crippen LogP contribution in [0.3, 0.4) is 0 Å². The maximum atomic E-state index is 13.2. The van der Waals surface area contributed by atoms with Crippen LogP contribution >= 0.6 is 34.8 Å². The number of benzene rings is 2. The summed E-state index contributed by atoms with van der Waals surface area (Å²) in [6.07, 6.45) is 0. The van der Waals surface area contributed by atoms with E-state index in [1.807, 2.05) is 0 Å². The van der Waals surface area contributed by atoms with Crippen LogP contribution < -0.4 is 4.31 Å². The van der Waals surface area contributed by atoms with Crippen LogP contribution in [0.25, 0.3) is 0 Å². The predicted octanol–water partition coefficient (Wildman–Crippen LogP) is 3.93. The van der Waals surface area contributed by atoms with Gasteiger partial charge in [0, 0.05) is 19.1 Å². The lowest BCUT2D eigenvalue weighted by atomic mass is 10.3. The lowest BCUT2D eigenvalue weighted by Gasteiger charge is -2.26. The summed E-state index contributed by atoms with van der Waals surface area (Å²) in [6.45, 7) is -0.429. The summed E-state index contributed by atoms with van der Waals surface area (Å²) >= 11 is 18.1.